The molecule has 0 aliphatic rings. The Hall–Kier alpha value is -1.02. The minimum absolute atomic E-state index is 0.236. The molecule has 0 aromatic heterocycles. The molecule has 2 aromatic rings. The zero-order chi connectivity index (χ0) is 21.1. The highest BCUT2D eigenvalue weighted by molar-refractivity contribution is 7.39. The molecule has 29 heavy (non-hydrogen) atoms. The quantitative estimate of drug-likeness (QED) is 0.298. The summed E-state index contributed by atoms with van der Waals surface area (Å²) in [6.45, 7) is -0.874. The van der Waals surface area contributed by atoms with Crippen LogP contribution in [0.5, 0.6) is 0 Å². The fraction of sp³-hybridized carbons (Fsp3) is 0.368. The van der Waals surface area contributed by atoms with Gasteiger partial charge >= 0.3 is 17.2 Å². The Bertz CT molecular complexity index is 675. The van der Waals surface area contributed by atoms with Crippen LogP contribution in [0.4, 0.5) is 0 Å². The molecule has 2 aromatic carbocycles. The maximum atomic E-state index is 10.2. The fourth-order valence-electron chi connectivity index (χ4n) is 2.84. The zero-order valence-corrected chi connectivity index (χ0v) is 17.5. The zero-order valence-electron chi connectivity index (χ0n) is 15.7. The Labute approximate surface area is 172 Å². The van der Waals surface area contributed by atoms with E-state index >= 15 is 0 Å². The third kappa shape index (κ3) is 8.32. The van der Waals surface area contributed by atoms with Crippen LogP contribution >= 0.6 is 17.2 Å². The second-order valence-corrected chi connectivity index (χ2v) is 8.08. The Kier molecular flexibility index (Phi) is 10.6. The standard InChI is InChI=1S/C19H26O8P2/c20-13-19(14-26-28(21)22,15-27-29(23)24)18(11-16-7-3-1-4-8-16)25-12-17-9-5-2-6-10-17/h1-10,18,20-24H,11-15H2. The van der Waals surface area contributed by atoms with E-state index in [1.54, 1.807) is 0 Å². The summed E-state index contributed by atoms with van der Waals surface area (Å²) in [7, 11) is -5.35. The number of benzene rings is 2. The van der Waals surface area contributed by atoms with Crippen LogP contribution < -0.4 is 0 Å². The minimum Gasteiger partial charge on any atom is -0.396 e. The first kappa shape index (κ1) is 24.3. The third-order valence-electron chi connectivity index (χ3n) is 4.49. The van der Waals surface area contributed by atoms with Crippen LogP contribution in [0.25, 0.3) is 0 Å². The average molecular weight is 444 g/mol. The minimum atomic E-state index is -2.68. The maximum Gasteiger partial charge on any atom is 0.327 e. The van der Waals surface area contributed by atoms with E-state index in [1.165, 1.54) is 0 Å². The summed E-state index contributed by atoms with van der Waals surface area (Å²) in [6.07, 6.45) is -0.315. The SMILES string of the molecule is OCC(COP(O)O)(COP(O)O)C(Cc1ccccc1)OCc1ccccc1. The molecular weight excluding hydrogens is 418 g/mol. The second kappa shape index (κ2) is 12.6. The van der Waals surface area contributed by atoms with E-state index in [-0.39, 0.29) is 19.8 Å². The molecule has 0 spiro atoms. The molecule has 0 aliphatic heterocycles. The van der Waals surface area contributed by atoms with Gasteiger partial charge in [-0.25, -0.2) is 0 Å². The van der Waals surface area contributed by atoms with Crippen molar-refractivity contribution in [1.82, 2.24) is 0 Å². The first-order valence-corrected chi connectivity index (χ1v) is 11.2. The molecule has 0 fully saturated rings. The topological polar surface area (TPSA) is 129 Å². The lowest BCUT2D eigenvalue weighted by Crippen LogP contribution is -2.48. The Morgan fingerprint density at radius 2 is 1.24 bits per heavy atom. The van der Waals surface area contributed by atoms with Crippen LogP contribution in [0.3, 0.4) is 0 Å². The van der Waals surface area contributed by atoms with Crippen molar-refractivity contribution in [2.24, 2.45) is 5.41 Å². The van der Waals surface area contributed by atoms with E-state index in [9.17, 15) is 24.7 Å². The number of hydrogen-bond donors (Lipinski definition) is 5. The van der Waals surface area contributed by atoms with Gasteiger partial charge in [-0.1, -0.05) is 60.7 Å². The lowest BCUT2D eigenvalue weighted by Gasteiger charge is -2.38. The van der Waals surface area contributed by atoms with E-state index in [0.717, 1.165) is 11.1 Å². The predicted molar refractivity (Wildman–Crippen MR) is 109 cm³/mol. The van der Waals surface area contributed by atoms with Gasteiger partial charge in [-0.05, 0) is 17.5 Å². The molecule has 2 rings (SSSR count). The number of ether oxygens (including phenoxy) is 1. The van der Waals surface area contributed by atoms with E-state index in [1.807, 2.05) is 60.7 Å². The van der Waals surface area contributed by atoms with Crippen molar-refractivity contribution in [3.63, 3.8) is 0 Å². The molecule has 0 amide bonds. The Balaban J connectivity index is 2.28. The van der Waals surface area contributed by atoms with Gasteiger partial charge in [0.1, 0.15) is 0 Å². The number of rotatable bonds is 13. The van der Waals surface area contributed by atoms with Gasteiger partial charge < -0.3 is 38.5 Å². The van der Waals surface area contributed by atoms with Crippen LogP contribution in [-0.4, -0.2) is 50.6 Å². The second-order valence-electron chi connectivity index (χ2n) is 6.55. The number of hydrogen-bond acceptors (Lipinski definition) is 8. The van der Waals surface area contributed by atoms with Crippen molar-refractivity contribution in [2.75, 3.05) is 19.8 Å². The van der Waals surface area contributed by atoms with Crippen molar-refractivity contribution < 1.29 is 38.5 Å². The van der Waals surface area contributed by atoms with Crippen LogP contribution in [0, 0.1) is 5.41 Å². The van der Waals surface area contributed by atoms with Crippen LogP contribution in [0.1, 0.15) is 11.1 Å². The average Bonchev–Trinajstić information content (AvgIpc) is 2.73. The molecular formula is C19H26O8P2. The number of aliphatic hydroxyl groups excluding tert-OH is 1. The number of aliphatic hydroxyl groups is 1. The van der Waals surface area contributed by atoms with E-state index in [0.29, 0.717) is 6.42 Å². The van der Waals surface area contributed by atoms with Crippen molar-refractivity contribution >= 4 is 17.2 Å². The maximum absolute atomic E-state index is 10.2. The van der Waals surface area contributed by atoms with Gasteiger partial charge in [-0.2, -0.15) is 0 Å². The first-order valence-electron chi connectivity index (χ1n) is 8.87. The molecule has 0 saturated heterocycles. The summed E-state index contributed by atoms with van der Waals surface area (Å²) in [5.74, 6) is 0. The summed E-state index contributed by atoms with van der Waals surface area (Å²) in [6, 6.07) is 18.9. The van der Waals surface area contributed by atoms with Crippen molar-refractivity contribution in [2.45, 2.75) is 19.1 Å². The normalized spacial score (nSPS) is 13.2. The molecule has 1 atom stereocenters. The Morgan fingerprint density at radius 1 is 0.759 bits per heavy atom. The van der Waals surface area contributed by atoms with Crippen LogP contribution in [0.2, 0.25) is 0 Å². The monoisotopic (exact) mass is 444 g/mol. The third-order valence-corrected chi connectivity index (χ3v) is 5.21. The lowest BCUT2D eigenvalue weighted by atomic mass is 9.81. The van der Waals surface area contributed by atoms with Gasteiger partial charge in [0, 0.05) is 0 Å². The van der Waals surface area contributed by atoms with Gasteiger partial charge in [0.2, 0.25) is 0 Å². The first-order chi connectivity index (χ1) is 13.9. The summed E-state index contributed by atoms with van der Waals surface area (Å²) in [4.78, 5) is 36.8. The van der Waals surface area contributed by atoms with Crippen molar-refractivity contribution in [3.8, 4) is 0 Å². The van der Waals surface area contributed by atoms with Gasteiger partial charge in [-0.15, -0.1) is 0 Å². The summed E-state index contributed by atoms with van der Waals surface area (Å²) < 4.78 is 16.1. The van der Waals surface area contributed by atoms with Crippen LogP contribution in [0.15, 0.2) is 60.7 Å². The summed E-state index contributed by atoms with van der Waals surface area (Å²) in [5.41, 5.74) is 0.578. The molecule has 0 heterocycles. The molecule has 5 N–H and O–H groups in total. The van der Waals surface area contributed by atoms with Gasteiger partial charge in [0.15, 0.2) is 0 Å². The molecule has 8 nitrogen and oxygen atoms in total. The lowest BCUT2D eigenvalue weighted by molar-refractivity contribution is -0.112. The largest absolute Gasteiger partial charge is 0.396 e. The summed E-state index contributed by atoms with van der Waals surface area (Å²) >= 11 is 0. The molecule has 0 aliphatic carbocycles. The molecule has 10 heteroatoms. The highest BCUT2D eigenvalue weighted by Gasteiger charge is 2.42. The van der Waals surface area contributed by atoms with E-state index < -0.39 is 35.3 Å². The smallest absolute Gasteiger partial charge is 0.327 e. The molecule has 0 saturated carbocycles. The van der Waals surface area contributed by atoms with Gasteiger partial charge in [0.25, 0.3) is 0 Å². The van der Waals surface area contributed by atoms with E-state index in [2.05, 4.69) is 0 Å². The fourth-order valence-corrected chi connectivity index (χ4v) is 3.59. The predicted octanol–water partition coefficient (Wildman–Crippen LogP) is 2.25. The van der Waals surface area contributed by atoms with Crippen LogP contribution in [-0.2, 0) is 26.8 Å². The molecule has 160 valence electrons. The van der Waals surface area contributed by atoms with Gasteiger partial charge in [-0.3, -0.25) is 0 Å². The molecule has 0 bridgehead atoms. The van der Waals surface area contributed by atoms with E-state index in [4.69, 9.17) is 13.8 Å². The highest BCUT2D eigenvalue weighted by Crippen LogP contribution is 2.38. The van der Waals surface area contributed by atoms with Crippen molar-refractivity contribution in [3.05, 3.63) is 71.8 Å². The molecule has 1 unspecified atom stereocenters. The summed E-state index contributed by atoms with van der Waals surface area (Å²) in [5, 5.41) is 10.2. The van der Waals surface area contributed by atoms with Gasteiger partial charge in [0.05, 0.1) is 37.9 Å². The highest BCUT2D eigenvalue weighted by atomic mass is 31.2. The molecule has 0 radical (unpaired) electrons. The Morgan fingerprint density at radius 3 is 1.69 bits per heavy atom. The van der Waals surface area contributed by atoms with Crippen molar-refractivity contribution in [1.29, 1.82) is 0 Å².